The number of hydrogen-bond acceptors (Lipinski definition) is 3. The van der Waals surface area contributed by atoms with Gasteiger partial charge in [0.2, 0.25) is 5.91 Å². The van der Waals surface area contributed by atoms with Crippen LogP contribution in [0.4, 0.5) is 0 Å². The average Bonchev–Trinajstić information content (AvgIpc) is 3.11. The maximum atomic E-state index is 11.9. The number of likely N-dealkylation sites (tertiary alicyclic amines) is 1. The van der Waals surface area contributed by atoms with E-state index in [4.69, 9.17) is 5.73 Å². The van der Waals surface area contributed by atoms with Crippen LogP contribution in [0.5, 0.6) is 0 Å². The molecule has 1 aliphatic carbocycles. The van der Waals surface area contributed by atoms with Crippen molar-refractivity contribution in [3.8, 4) is 0 Å². The molecular weight excluding hydrogens is 250 g/mol. The molecule has 0 aromatic heterocycles. The fourth-order valence-electron chi connectivity index (χ4n) is 3.34. The Labute approximate surface area is 123 Å². The third-order valence-corrected chi connectivity index (χ3v) is 4.86. The first kappa shape index (κ1) is 15.8. The lowest BCUT2D eigenvalue weighted by atomic mass is 9.91. The molecule has 4 heteroatoms. The van der Waals surface area contributed by atoms with Gasteiger partial charge in [-0.25, -0.2) is 0 Å². The minimum Gasteiger partial charge on any atom is -0.368 e. The molecule has 20 heavy (non-hydrogen) atoms. The SMILES string of the molecule is CC(CC(C)(NC1CC1)C(N)=O)N1CCCCCCC1. The summed E-state index contributed by atoms with van der Waals surface area (Å²) in [5.41, 5.74) is 5.11. The van der Waals surface area contributed by atoms with Gasteiger partial charge >= 0.3 is 0 Å². The average molecular weight is 281 g/mol. The lowest BCUT2D eigenvalue weighted by molar-refractivity contribution is -0.124. The number of nitrogens with one attached hydrogen (secondary N) is 1. The van der Waals surface area contributed by atoms with E-state index in [1.807, 2.05) is 6.92 Å². The van der Waals surface area contributed by atoms with E-state index in [1.165, 1.54) is 58.0 Å². The second-order valence-corrected chi connectivity index (χ2v) is 6.97. The van der Waals surface area contributed by atoms with Crippen molar-refractivity contribution in [3.63, 3.8) is 0 Å². The molecule has 1 saturated carbocycles. The molecule has 1 amide bonds. The van der Waals surface area contributed by atoms with E-state index in [0.29, 0.717) is 12.1 Å². The molecule has 1 aliphatic heterocycles. The Morgan fingerprint density at radius 3 is 2.30 bits per heavy atom. The fraction of sp³-hybridized carbons (Fsp3) is 0.938. The van der Waals surface area contributed by atoms with E-state index in [1.54, 1.807) is 0 Å². The minimum atomic E-state index is -0.553. The Morgan fingerprint density at radius 1 is 1.25 bits per heavy atom. The molecule has 0 radical (unpaired) electrons. The molecule has 2 rings (SSSR count). The molecule has 1 heterocycles. The van der Waals surface area contributed by atoms with Crippen molar-refractivity contribution in [3.05, 3.63) is 0 Å². The number of primary amides is 1. The third kappa shape index (κ3) is 4.45. The maximum absolute atomic E-state index is 11.9. The molecule has 116 valence electrons. The van der Waals surface area contributed by atoms with E-state index < -0.39 is 5.54 Å². The molecule has 1 saturated heterocycles. The predicted octanol–water partition coefficient (Wildman–Crippen LogP) is 2.03. The highest BCUT2D eigenvalue weighted by molar-refractivity contribution is 5.84. The van der Waals surface area contributed by atoms with Gasteiger partial charge in [-0.3, -0.25) is 4.79 Å². The summed E-state index contributed by atoms with van der Waals surface area (Å²) in [6, 6.07) is 0.920. The largest absolute Gasteiger partial charge is 0.368 e. The number of carbonyl (C=O) groups excluding carboxylic acids is 1. The highest BCUT2D eigenvalue weighted by Crippen LogP contribution is 2.26. The number of amides is 1. The van der Waals surface area contributed by atoms with Crippen LogP contribution < -0.4 is 11.1 Å². The Morgan fingerprint density at radius 2 is 1.80 bits per heavy atom. The van der Waals surface area contributed by atoms with E-state index in [2.05, 4.69) is 17.1 Å². The van der Waals surface area contributed by atoms with Gasteiger partial charge in [0, 0.05) is 12.1 Å². The smallest absolute Gasteiger partial charge is 0.237 e. The highest BCUT2D eigenvalue weighted by atomic mass is 16.1. The van der Waals surface area contributed by atoms with Gasteiger partial charge in [-0.1, -0.05) is 19.3 Å². The van der Waals surface area contributed by atoms with Crippen molar-refractivity contribution in [2.24, 2.45) is 5.73 Å². The van der Waals surface area contributed by atoms with Crippen molar-refractivity contribution in [1.29, 1.82) is 0 Å². The predicted molar refractivity (Wildman–Crippen MR) is 82.5 cm³/mol. The lowest BCUT2D eigenvalue weighted by Crippen LogP contribution is -2.57. The number of hydrogen-bond donors (Lipinski definition) is 2. The first-order valence-corrected chi connectivity index (χ1v) is 8.33. The van der Waals surface area contributed by atoms with Gasteiger partial charge in [0.15, 0.2) is 0 Å². The quantitative estimate of drug-likeness (QED) is 0.783. The van der Waals surface area contributed by atoms with Crippen molar-refractivity contribution in [2.45, 2.75) is 82.8 Å². The number of nitrogens with two attached hydrogens (primary N) is 1. The zero-order valence-electron chi connectivity index (χ0n) is 13.2. The van der Waals surface area contributed by atoms with Crippen LogP contribution in [0.15, 0.2) is 0 Å². The van der Waals surface area contributed by atoms with Gasteiger partial charge in [0.1, 0.15) is 0 Å². The molecule has 0 aromatic rings. The van der Waals surface area contributed by atoms with Crippen molar-refractivity contribution < 1.29 is 4.79 Å². The molecular formula is C16H31N3O. The molecule has 0 bridgehead atoms. The van der Waals surface area contributed by atoms with Crippen molar-refractivity contribution in [2.75, 3.05) is 13.1 Å². The number of nitrogens with zero attached hydrogens (tertiary/aromatic N) is 1. The first-order valence-electron chi connectivity index (χ1n) is 8.33. The second-order valence-electron chi connectivity index (χ2n) is 6.97. The van der Waals surface area contributed by atoms with Gasteiger partial charge in [-0.15, -0.1) is 0 Å². The first-order chi connectivity index (χ1) is 9.51. The molecule has 3 N–H and O–H groups in total. The summed E-state index contributed by atoms with van der Waals surface area (Å²) in [6.07, 6.45) is 9.82. The molecule has 2 aliphatic rings. The normalized spacial score (nSPS) is 26.3. The lowest BCUT2D eigenvalue weighted by Gasteiger charge is -2.37. The summed E-state index contributed by atoms with van der Waals surface area (Å²) in [5.74, 6) is -0.205. The van der Waals surface area contributed by atoms with Crippen LogP contribution in [0.1, 0.15) is 65.2 Å². The molecule has 2 atom stereocenters. The highest BCUT2D eigenvalue weighted by Gasteiger charge is 2.38. The summed E-state index contributed by atoms with van der Waals surface area (Å²) in [7, 11) is 0. The monoisotopic (exact) mass is 281 g/mol. The second kappa shape index (κ2) is 6.90. The summed E-state index contributed by atoms with van der Waals surface area (Å²) in [6.45, 7) is 6.56. The minimum absolute atomic E-state index is 0.205. The number of carbonyl (C=O) groups is 1. The van der Waals surface area contributed by atoms with Crippen molar-refractivity contribution in [1.82, 2.24) is 10.2 Å². The van der Waals surface area contributed by atoms with Gasteiger partial charge in [0.25, 0.3) is 0 Å². The number of rotatable bonds is 6. The summed E-state index contributed by atoms with van der Waals surface area (Å²) < 4.78 is 0. The van der Waals surface area contributed by atoms with Crippen LogP contribution in [0.2, 0.25) is 0 Å². The Hall–Kier alpha value is -0.610. The van der Waals surface area contributed by atoms with E-state index in [9.17, 15) is 4.79 Å². The van der Waals surface area contributed by atoms with Gasteiger partial charge < -0.3 is 16.0 Å². The van der Waals surface area contributed by atoms with Gasteiger partial charge in [-0.05, 0) is 59.0 Å². The van der Waals surface area contributed by atoms with Crippen LogP contribution >= 0.6 is 0 Å². The summed E-state index contributed by atoms with van der Waals surface area (Å²) in [5, 5.41) is 3.46. The summed E-state index contributed by atoms with van der Waals surface area (Å²) in [4.78, 5) is 14.4. The Balaban J connectivity index is 1.91. The fourth-order valence-corrected chi connectivity index (χ4v) is 3.34. The maximum Gasteiger partial charge on any atom is 0.237 e. The van der Waals surface area contributed by atoms with Gasteiger partial charge in [0.05, 0.1) is 5.54 Å². The van der Waals surface area contributed by atoms with Crippen LogP contribution in [-0.4, -0.2) is 41.5 Å². The van der Waals surface area contributed by atoms with Crippen LogP contribution in [0.3, 0.4) is 0 Å². The van der Waals surface area contributed by atoms with Crippen LogP contribution in [0, 0.1) is 0 Å². The van der Waals surface area contributed by atoms with E-state index >= 15 is 0 Å². The molecule has 0 aromatic carbocycles. The standard InChI is InChI=1S/C16H31N3O/c1-13(19-10-6-4-3-5-7-11-19)12-16(2,15(17)20)18-14-8-9-14/h13-14,18H,3-12H2,1-2H3,(H2,17,20). The van der Waals surface area contributed by atoms with E-state index in [-0.39, 0.29) is 5.91 Å². The molecule has 2 fully saturated rings. The topological polar surface area (TPSA) is 58.4 Å². The molecule has 4 nitrogen and oxygen atoms in total. The van der Waals surface area contributed by atoms with Crippen LogP contribution in [-0.2, 0) is 4.79 Å². The molecule has 2 unspecified atom stereocenters. The zero-order valence-corrected chi connectivity index (χ0v) is 13.2. The van der Waals surface area contributed by atoms with E-state index in [0.717, 1.165) is 6.42 Å². The summed E-state index contributed by atoms with van der Waals surface area (Å²) >= 11 is 0. The zero-order chi connectivity index (χ0) is 14.6. The third-order valence-electron chi connectivity index (χ3n) is 4.86. The van der Waals surface area contributed by atoms with Crippen LogP contribution in [0.25, 0.3) is 0 Å². The Bertz CT molecular complexity index is 322. The molecule has 0 spiro atoms. The van der Waals surface area contributed by atoms with Crippen molar-refractivity contribution >= 4 is 5.91 Å². The van der Waals surface area contributed by atoms with Gasteiger partial charge in [-0.2, -0.15) is 0 Å². The Kier molecular flexibility index (Phi) is 5.44.